The number of amides is 2. The van der Waals surface area contributed by atoms with Crippen LogP contribution >= 0.6 is 34.2 Å². The van der Waals surface area contributed by atoms with Crippen LogP contribution in [0.5, 0.6) is 5.75 Å². The predicted octanol–water partition coefficient (Wildman–Crippen LogP) is 5.20. The summed E-state index contributed by atoms with van der Waals surface area (Å²) >= 11 is 8.19. The molecule has 0 bridgehead atoms. The van der Waals surface area contributed by atoms with E-state index in [1.165, 1.54) is 6.21 Å². The zero-order valence-corrected chi connectivity index (χ0v) is 21.6. The van der Waals surface area contributed by atoms with Crippen molar-refractivity contribution in [2.24, 2.45) is 5.10 Å². The number of hydrazone groups is 1. The highest BCUT2D eigenvalue weighted by Crippen LogP contribution is 2.28. The molecule has 7 nitrogen and oxygen atoms in total. The van der Waals surface area contributed by atoms with E-state index in [0.29, 0.717) is 11.1 Å². The van der Waals surface area contributed by atoms with E-state index in [1.54, 1.807) is 48.5 Å². The normalized spacial score (nSPS) is 10.8. The first-order valence-corrected chi connectivity index (χ1v) is 12.2. The third kappa shape index (κ3) is 6.07. The van der Waals surface area contributed by atoms with Crippen LogP contribution in [0.3, 0.4) is 0 Å². The van der Waals surface area contributed by atoms with Gasteiger partial charge in [-0.05, 0) is 63.7 Å². The maximum absolute atomic E-state index is 12.7. The fourth-order valence-electron chi connectivity index (χ4n) is 3.39. The Morgan fingerprint density at radius 2 is 1.58 bits per heavy atom. The molecule has 9 heteroatoms. The lowest BCUT2D eigenvalue weighted by molar-refractivity contribution is -0.120. The van der Waals surface area contributed by atoms with Crippen LogP contribution in [0.4, 0.5) is 0 Å². The van der Waals surface area contributed by atoms with Gasteiger partial charge in [-0.1, -0.05) is 66.2 Å². The fourth-order valence-corrected chi connectivity index (χ4v) is 4.23. The van der Waals surface area contributed by atoms with Crippen molar-refractivity contribution in [3.8, 4) is 5.75 Å². The van der Waals surface area contributed by atoms with Crippen molar-refractivity contribution in [3.05, 3.63) is 110 Å². The molecule has 4 rings (SSSR count). The van der Waals surface area contributed by atoms with E-state index in [-0.39, 0.29) is 28.8 Å². The Bertz CT molecular complexity index is 1490. The topological polar surface area (TPSA) is 96.9 Å². The first-order chi connectivity index (χ1) is 17.4. The van der Waals surface area contributed by atoms with E-state index in [1.807, 2.05) is 36.4 Å². The van der Waals surface area contributed by atoms with Crippen molar-refractivity contribution in [3.63, 3.8) is 0 Å². The van der Waals surface area contributed by atoms with Crippen LogP contribution in [0, 0.1) is 3.57 Å². The molecule has 0 unspecified atom stereocenters. The molecule has 2 N–H and O–H groups in total. The van der Waals surface area contributed by atoms with Gasteiger partial charge in [0.1, 0.15) is 5.75 Å². The van der Waals surface area contributed by atoms with Crippen LogP contribution in [0.25, 0.3) is 10.8 Å². The highest BCUT2D eigenvalue weighted by Gasteiger charge is 2.16. The van der Waals surface area contributed by atoms with Crippen LogP contribution < -0.4 is 15.5 Å². The number of hydrogen-bond donors (Lipinski definition) is 2. The van der Waals surface area contributed by atoms with Gasteiger partial charge >= 0.3 is 5.97 Å². The average molecular weight is 612 g/mol. The van der Waals surface area contributed by atoms with Gasteiger partial charge in [0.05, 0.1) is 28.9 Å². The van der Waals surface area contributed by atoms with E-state index in [4.69, 9.17) is 16.3 Å². The number of esters is 1. The van der Waals surface area contributed by atoms with Gasteiger partial charge in [0.15, 0.2) is 0 Å². The van der Waals surface area contributed by atoms with Gasteiger partial charge < -0.3 is 10.1 Å². The number of nitrogens with one attached hydrogen (secondary N) is 2. The first kappa shape index (κ1) is 25.3. The molecular formula is C27H19ClIN3O4. The molecule has 0 spiro atoms. The second-order valence-electron chi connectivity index (χ2n) is 7.52. The first-order valence-electron chi connectivity index (χ1n) is 10.8. The number of rotatable bonds is 7. The molecule has 4 aromatic rings. The summed E-state index contributed by atoms with van der Waals surface area (Å²) in [7, 11) is 0. The lowest BCUT2D eigenvalue weighted by atomic mass is 10.0. The molecule has 36 heavy (non-hydrogen) atoms. The third-order valence-electron chi connectivity index (χ3n) is 5.14. The van der Waals surface area contributed by atoms with Crippen LogP contribution in [-0.2, 0) is 4.79 Å². The summed E-state index contributed by atoms with van der Waals surface area (Å²) in [6.45, 7) is -0.259. The molecule has 4 aromatic carbocycles. The van der Waals surface area contributed by atoms with E-state index in [0.717, 1.165) is 14.3 Å². The molecule has 0 atom stereocenters. The predicted molar refractivity (Wildman–Crippen MR) is 148 cm³/mol. The minimum Gasteiger partial charge on any atom is -0.422 e. The van der Waals surface area contributed by atoms with Crippen LogP contribution in [-0.4, -0.2) is 30.5 Å². The number of carbonyl (C=O) groups excluding carboxylic acids is 3. The molecule has 0 fully saturated rings. The van der Waals surface area contributed by atoms with Gasteiger partial charge in [-0.2, -0.15) is 5.10 Å². The molecule has 0 saturated carbocycles. The summed E-state index contributed by atoms with van der Waals surface area (Å²) in [5.74, 6) is -1.24. The quantitative estimate of drug-likeness (QED) is 0.0988. The fraction of sp³-hybridized carbons (Fsp3) is 0.0370. The third-order valence-corrected chi connectivity index (χ3v) is 6.41. The van der Waals surface area contributed by atoms with Crippen molar-refractivity contribution in [2.75, 3.05) is 6.54 Å². The molecule has 0 heterocycles. The molecule has 0 saturated heterocycles. The van der Waals surface area contributed by atoms with Gasteiger partial charge in [0, 0.05) is 9.13 Å². The van der Waals surface area contributed by atoms with Gasteiger partial charge in [0.25, 0.3) is 11.8 Å². The summed E-state index contributed by atoms with van der Waals surface area (Å²) < 4.78 is 6.41. The van der Waals surface area contributed by atoms with Crippen molar-refractivity contribution in [1.29, 1.82) is 0 Å². The van der Waals surface area contributed by atoms with Crippen molar-refractivity contribution in [1.82, 2.24) is 10.7 Å². The Morgan fingerprint density at radius 1 is 0.889 bits per heavy atom. The Hall–Kier alpha value is -3.76. The summed E-state index contributed by atoms with van der Waals surface area (Å²) in [4.78, 5) is 37.3. The van der Waals surface area contributed by atoms with Gasteiger partial charge in [0.2, 0.25) is 0 Å². The lowest BCUT2D eigenvalue weighted by Gasteiger charge is -2.11. The van der Waals surface area contributed by atoms with Crippen LogP contribution in [0.1, 0.15) is 26.3 Å². The lowest BCUT2D eigenvalue weighted by Crippen LogP contribution is -2.35. The summed E-state index contributed by atoms with van der Waals surface area (Å²) in [6, 6.07) is 24.6. The number of carbonyl (C=O) groups is 3. The Labute approximate surface area is 225 Å². The van der Waals surface area contributed by atoms with Gasteiger partial charge in [-0.25, -0.2) is 10.2 Å². The van der Waals surface area contributed by atoms with Crippen molar-refractivity contribution < 1.29 is 19.1 Å². The molecule has 180 valence electrons. The maximum Gasteiger partial charge on any atom is 0.345 e. The number of fused-ring (bicyclic) bond motifs is 1. The highest BCUT2D eigenvalue weighted by molar-refractivity contribution is 14.1. The molecule has 0 aliphatic carbocycles. The van der Waals surface area contributed by atoms with Crippen LogP contribution in [0.15, 0.2) is 90.0 Å². The zero-order valence-electron chi connectivity index (χ0n) is 18.7. The van der Waals surface area contributed by atoms with Crippen LogP contribution in [0.2, 0.25) is 5.02 Å². The number of ether oxygens (including phenoxy) is 1. The van der Waals surface area contributed by atoms with E-state index < -0.39 is 11.9 Å². The summed E-state index contributed by atoms with van der Waals surface area (Å²) in [5, 5.41) is 8.53. The van der Waals surface area contributed by atoms with E-state index in [9.17, 15) is 14.4 Å². The maximum atomic E-state index is 12.7. The zero-order chi connectivity index (χ0) is 25.5. The average Bonchev–Trinajstić information content (AvgIpc) is 2.88. The standard InChI is InChI=1S/C27H19ClIN3O4/c28-22-11-5-3-9-19(22)27(35)36-24-14-13-17-7-1-2-8-18(17)21(24)15-31-32-25(33)16-30-26(34)20-10-4-6-12-23(20)29/h1-15H,16H2,(H,30,34)(H,32,33)/b31-15+. The number of benzene rings is 4. The number of hydrogen-bond acceptors (Lipinski definition) is 5. The minimum atomic E-state index is -0.618. The summed E-state index contributed by atoms with van der Waals surface area (Å²) in [5.41, 5.74) is 3.60. The smallest absolute Gasteiger partial charge is 0.345 e. The highest BCUT2D eigenvalue weighted by atomic mass is 127. The van der Waals surface area contributed by atoms with Crippen molar-refractivity contribution in [2.45, 2.75) is 0 Å². The Kier molecular flexibility index (Phi) is 8.29. The minimum absolute atomic E-state index is 0.229. The molecule has 2 amide bonds. The molecule has 0 aliphatic heterocycles. The summed E-state index contributed by atoms with van der Waals surface area (Å²) in [6.07, 6.45) is 1.40. The molecular weight excluding hydrogens is 593 g/mol. The molecule has 0 radical (unpaired) electrons. The Balaban J connectivity index is 1.49. The SMILES string of the molecule is O=C(CNC(=O)c1ccccc1I)N/N=C/c1c(OC(=O)c2ccccc2Cl)ccc2ccccc12. The largest absolute Gasteiger partial charge is 0.422 e. The number of halogens is 2. The second-order valence-corrected chi connectivity index (χ2v) is 9.09. The van der Waals surface area contributed by atoms with Gasteiger partial charge in [-0.3, -0.25) is 9.59 Å². The molecule has 0 aromatic heterocycles. The monoisotopic (exact) mass is 611 g/mol. The number of nitrogens with zero attached hydrogens (tertiary/aromatic N) is 1. The Morgan fingerprint density at radius 3 is 2.36 bits per heavy atom. The van der Waals surface area contributed by atoms with Gasteiger partial charge in [-0.15, -0.1) is 0 Å². The molecule has 0 aliphatic rings. The van der Waals surface area contributed by atoms with E-state index in [2.05, 4.69) is 38.4 Å². The van der Waals surface area contributed by atoms with Crippen molar-refractivity contribution >= 4 is 69.0 Å². The second kappa shape index (κ2) is 11.8. The van der Waals surface area contributed by atoms with E-state index >= 15 is 0 Å².